The minimum Gasteiger partial charge on any atom is -0.370 e. The molecule has 0 aliphatic carbocycles. The van der Waals surface area contributed by atoms with E-state index in [0.29, 0.717) is 30.3 Å². The predicted molar refractivity (Wildman–Crippen MR) is 84.8 cm³/mol. The lowest BCUT2D eigenvalue weighted by molar-refractivity contribution is 0.315. The summed E-state index contributed by atoms with van der Waals surface area (Å²) in [6.45, 7) is 8.28. The van der Waals surface area contributed by atoms with Gasteiger partial charge in [-0.1, -0.05) is 13.8 Å². The third-order valence-electron chi connectivity index (χ3n) is 4.03. The molecular weight excluding hydrogens is 286 g/mol. The summed E-state index contributed by atoms with van der Waals surface area (Å²) in [4.78, 5) is 4.46. The van der Waals surface area contributed by atoms with Crippen LogP contribution in [0.5, 0.6) is 0 Å². The molecule has 1 aromatic heterocycles. The highest BCUT2D eigenvalue weighted by atomic mass is 32.2. The van der Waals surface area contributed by atoms with Crippen LogP contribution in [0, 0.1) is 5.41 Å². The van der Waals surface area contributed by atoms with E-state index in [-0.39, 0.29) is 5.41 Å². The molecule has 0 spiro atoms. The minimum atomic E-state index is -3.42. The number of hydrogen-bond donors (Lipinski definition) is 1. The lowest BCUT2D eigenvalue weighted by Gasteiger charge is -2.23. The Morgan fingerprint density at radius 2 is 2.10 bits per heavy atom. The summed E-state index contributed by atoms with van der Waals surface area (Å²) in [6, 6.07) is 3.20. The maximum Gasteiger partial charge on any atom is 0.243 e. The number of sulfonamides is 1. The largest absolute Gasteiger partial charge is 0.370 e. The number of nitrogens with zero attached hydrogens (tertiary/aromatic N) is 2. The van der Waals surface area contributed by atoms with Crippen LogP contribution in [0.4, 0.5) is 5.82 Å². The molecule has 0 saturated carbocycles. The highest BCUT2D eigenvalue weighted by molar-refractivity contribution is 7.89. The Hall–Kier alpha value is -1.14. The zero-order chi connectivity index (χ0) is 15.5. The first-order valence-corrected chi connectivity index (χ1v) is 8.99. The maximum absolute atomic E-state index is 12.8. The fourth-order valence-electron chi connectivity index (χ4n) is 2.64. The van der Waals surface area contributed by atoms with E-state index in [1.54, 1.807) is 22.6 Å². The molecule has 21 heavy (non-hydrogen) atoms. The van der Waals surface area contributed by atoms with Crippen molar-refractivity contribution >= 4 is 15.8 Å². The summed E-state index contributed by atoms with van der Waals surface area (Å²) >= 11 is 0. The molecule has 2 heterocycles. The van der Waals surface area contributed by atoms with Gasteiger partial charge in [0.25, 0.3) is 0 Å². The molecule has 2 rings (SSSR count). The molecule has 0 radical (unpaired) electrons. The second-order valence-electron chi connectivity index (χ2n) is 6.33. The molecule has 1 saturated heterocycles. The fraction of sp³-hybridized carbons (Fsp3) is 0.667. The van der Waals surface area contributed by atoms with Crippen LogP contribution >= 0.6 is 0 Å². The van der Waals surface area contributed by atoms with Gasteiger partial charge in [0.15, 0.2) is 0 Å². The van der Waals surface area contributed by atoms with E-state index in [4.69, 9.17) is 0 Å². The minimum absolute atomic E-state index is 0.220. The highest BCUT2D eigenvalue weighted by Gasteiger charge is 2.30. The molecule has 1 aliphatic rings. The quantitative estimate of drug-likeness (QED) is 0.928. The molecule has 1 aromatic rings. The van der Waals surface area contributed by atoms with Crippen molar-refractivity contribution in [3.63, 3.8) is 0 Å². The average molecular weight is 311 g/mol. The number of pyridine rings is 1. The van der Waals surface area contributed by atoms with Gasteiger partial charge in [-0.05, 0) is 37.7 Å². The van der Waals surface area contributed by atoms with Gasteiger partial charge < -0.3 is 5.32 Å². The van der Waals surface area contributed by atoms with Crippen LogP contribution in [0.3, 0.4) is 0 Å². The fourth-order valence-corrected chi connectivity index (χ4v) is 4.13. The number of rotatable bonds is 4. The zero-order valence-electron chi connectivity index (χ0n) is 13.1. The van der Waals surface area contributed by atoms with Gasteiger partial charge in [0, 0.05) is 31.9 Å². The van der Waals surface area contributed by atoms with Crippen LogP contribution in [0.1, 0.15) is 40.0 Å². The molecule has 0 amide bonds. The van der Waals surface area contributed by atoms with E-state index < -0.39 is 10.0 Å². The molecule has 1 fully saturated rings. The second kappa shape index (κ2) is 6.32. The van der Waals surface area contributed by atoms with Crippen LogP contribution in [0.2, 0.25) is 0 Å². The van der Waals surface area contributed by atoms with E-state index in [9.17, 15) is 8.42 Å². The Morgan fingerprint density at radius 1 is 1.33 bits per heavy atom. The molecule has 0 aromatic carbocycles. The van der Waals surface area contributed by atoms with E-state index >= 15 is 0 Å². The predicted octanol–water partition coefficient (Wildman–Crippen LogP) is 2.71. The Labute approximate surface area is 127 Å². The normalized spacial score (nSPS) is 20.0. The van der Waals surface area contributed by atoms with Gasteiger partial charge in [0.2, 0.25) is 10.0 Å². The Morgan fingerprint density at radius 3 is 2.81 bits per heavy atom. The highest BCUT2D eigenvalue weighted by Crippen LogP contribution is 2.31. The monoisotopic (exact) mass is 311 g/mol. The van der Waals surface area contributed by atoms with Crippen LogP contribution in [-0.2, 0) is 10.0 Å². The summed E-state index contributed by atoms with van der Waals surface area (Å²) in [5.74, 6) is 0.605. The molecular formula is C15H25N3O2S. The van der Waals surface area contributed by atoms with Gasteiger partial charge in [-0.3, -0.25) is 0 Å². The number of anilines is 1. The first-order chi connectivity index (χ1) is 9.85. The van der Waals surface area contributed by atoms with Crippen molar-refractivity contribution in [2.45, 2.75) is 44.9 Å². The zero-order valence-corrected chi connectivity index (χ0v) is 13.9. The Bertz CT molecular complexity index is 584. The van der Waals surface area contributed by atoms with Gasteiger partial charge in [-0.15, -0.1) is 0 Å². The summed E-state index contributed by atoms with van der Waals surface area (Å²) in [7, 11) is -3.42. The SMILES string of the molecule is CCNc1cc(S(=O)(=O)N2CCCC(C)(C)CC2)ccn1. The standard InChI is InChI=1S/C15H25N3O2S/c1-4-16-14-12-13(6-9-17-14)21(19,20)18-10-5-7-15(2,3)8-11-18/h6,9,12H,4-5,7-8,10-11H2,1-3H3,(H,16,17). The number of hydrogen-bond acceptors (Lipinski definition) is 4. The molecule has 1 aliphatic heterocycles. The first kappa shape index (κ1) is 16.2. The first-order valence-electron chi connectivity index (χ1n) is 7.55. The third-order valence-corrected chi connectivity index (χ3v) is 5.92. The molecule has 118 valence electrons. The summed E-state index contributed by atoms with van der Waals surface area (Å²) in [5.41, 5.74) is 0.220. The molecule has 0 bridgehead atoms. The van der Waals surface area contributed by atoms with Crippen LogP contribution in [0.15, 0.2) is 23.2 Å². The Kier molecular flexibility index (Phi) is 4.88. The third kappa shape index (κ3) is 3.95. The van der Waals surface area contributed by atoms with E-state index in [2.05, 4.69) is 24.1 Å². The summed E-state index contributed by atoms with van der Waals surface area (Å²) in [5, 5.41) is 3.05. The van der Waals surface area contributed by atoms with Gasteiger partial charge in [0.05, 0.1) is 4.90 Å². The van der Waals surface area contributed by atoms with E-state index in [1.807, 2.05) is 6.92 Å². The van der Waals surface area contributed by atoms with E-state index in [1.165, 1.54) is 0 Å². The molecule has 6 heteroatoms. The lowest BCUT2D eigenvalue weighted by atomic mass is 9.85. The summed E-state index contributed by atoms with van der Waals surface area (Å²) in [6.07, 6.45) is 4.43. The van der Waals surface area contributed by atoms with Crippen LogP contribution in [0.25, 0.3) is 0 Å². The van der Waals surface area contributed by atoms with Crippen molar-refractivity contribution in [2.75, 3.05) is 25.0 Å². The van der Waals surface area contributed by atoms with Crippen LogP contribution in [-0.4, -0.2) is 37.3 Å². The van der Waals surface area contributed by atoms with Crippen molar-refractivity contribution in [1.29, 1.82) is 0 Å². The molecule has 5 nitrogen and oxygen atoms in total. The maximum atomic E-state index is 12.8. The molecule has 0 atom stereocenters. The van der Waals surface area contributed by atoms with Gasteiger partial charge in [0.1, 0.15) is 5.82 Å². The van der Waals surface area contributed by atoms with Crippen molar-refractivity contribution in [3.05, 3.63) is 18.3 Å². The van der Waals surface area contributed by atoms with Crippen molar-refractivity contribution in [2.24, 2.45) is 5.41 Å². The van der Waals surface area contributed by atoms with E-state index in [0.717, 1.165) is 19.3 Å². The van der Waals surface area contributed by atoms with Crippen molar-refractivity contribution < 1.29 is 8.42 Å². The van der Waals surface area contributed by atoms with Gasteiger partial charge in [-0.25, -0.2) is 13.4 Å². The van der Waals surface area contributed by atoms with Crippen LogP contribution < -0.4 is 5.32 Å². The molecule has 1 N–H and O–H groups in total. The lowest BCUT2D eigenvalue weighted by Crippen LogP contribution is -2.32. The average Bonchev–Trinajstić information content (AvgIpc) is 2.61. The molecule has 0 unspecified atom stereocenters. The topological polar surface area (TPSA) is 62.3 Å². The van der Waals surface area contributed by atoms with Gasteiger partial charge in [-0.2, -0.15) is 4.31 Å². The van der Waals surface area contributed by atoms with Gasteiger partial charge >= 0.3 is 0 Å². The second-order valence-corrected chi connectivity index (χ2v) is 8.27. The smallest absolute Gasteiger partial charge is 0.243 e. The van der Waals surface area contributed by atoms with Crippen molar-refractivity contribution in [1.82, 2.24) is 9.29 Å². The number of aromatic nitrogens is 1. The Balaban J connectivity index is 2.23. The van der Waals surface area contributed by atoms with Crippen molar-refractivity contribution in [3.8, 4) is 0 Å². The summed E-state index contributed by atoms with van der Waals surface area (Å²) < 4.78 is 27.2. The number of nitrogens with one attached hydrogen (secondary N) is 1.